The van der Waals surface area contributed by atoms with Crippen LogP contribution in [0.15, 0.2) is 28.7 Å². The van der Waals surface area contributed by atoms with Gasteiger partial charge in [0.25, 0.3) is 0 Å². The van der Waals surface area contributed by atoms with E-state index in [-0.39, 0.29) is 6.42 Å². The largest absolute Gasteiger partial charge is 0.389 e. The molecule has 3 nitrogen and oxygen atoms in total. The highest BCUT2D eigenvalue weighted by Gasteiger charge is 2.11. The summed E-state index contributed by atoms with van der Waals surface area (Å²) in [6.07, 6.45) is 0.935. The zero-order chi connectivity index (χ0) is 11.3. The molecule has 0 saturated carbocycles. The number of rotatable bonds is 3. The molecule has 0 N–H and O–H groups in total. The first-order valence-corrected chi connectivity index (χ1v) is 5.43. The third kappa shape index (κ3) is 3.83. The van der Waals surface area contributed by atoms with E-state index in [0.29, 0.717) is 12.0 Å². The normalized spacial score (nSPS) is 9.73. The molecule has 0 atom stereocenters. The lowest BCUT2D eigenvalue weighted by Gasteiger charge is -2.02. The van der Waals surface area contributed by atoms with E-state index in [1.165, 1.54) is 0 Å². The minimum atomic E-state index is -0.602. The number of hydrogen-bond donors (Lipinski definition) is 0. The Morgan fingerprint density at radius 1 is 1.40 bits per heavy atom. The second-order valence-corrected chi connectivity index (χ2v) is 3.94. The topological polar surface area (TPSA) is 43.4 Å². The Kier molecular flexibility index (Phi) is 4.49. The van der Waals surface area contributed by atoms with Crippen LogP contribution >= 0.6 is 15.9 Å². The maximum atomic E-state index is 11.4. The van der Waals surface area contributed by atoms with Crippen molar-refractivity contribution < 1.29 is 14.3 Å². The van der Waals surface area contributed by atoms with Crippen LogP contribution in [0.1, 0.15) is 30.1 Å². The molecule has 0 bridgehead atoms. The average Bonchev–Trinajstić information content (AvgIpc) is 2.18. The van der Waals surface area contributed by atoms with Crippen LogP contribution in [0.5, 0.6) is 0 Å². The molecule has 0 unspecified atom stereocenters. The summed E-state index contributed by atoms with van der Waals surface area (Å²) in [5.41, 5.74) is 0.369. The number of ether oxygens (including phenoxy) is 1. The Balaban J connectivity index is 2.65. The predicted molar refractivity (Wildman–Crippen MR) is 59.5 cm³/mol. The van der Waals surface area contributed by atoms with Crippen LogP contribution in [0.4, 0.5) is 0 Å². The molecule has 15 heavy (non-hydrogen) atoms. The van der Waals surface area contributed by atoms with Crippen LogP contribution < -0.4 is 0 Å². The Bertz CT molecular complexity index is 374. The molecule has 4 heteroatoms. The Morgan fingerprint density at radius 3 is 2.73 bits per heavy atom. The van der Waals surface area contributed by atoms with Gasteiger partial charge >= 0.3 is 11.9 Å². The number of hydrogen-bond acceptors (Lipinski definition) is 3. The number of carbonyl (C=O) groups excluding carboxylic acids is 2. The van der Waals surface area contributed by atoms with Gasteiger partial charge in [0.05, 0.1) is 5.56 Å². The SMILES string of the molecule is CCCC(=O)OC(=O)c1cccc(Br)c1. The van der Waals surface area contributed by atoms with Crippen molar-refractivity contribution in [2.24, 2.45) is 0 Å². The van der Waals surface area contributed by atoms with Crippen LogP contribution in [-0.4, -0.2) is 11.9 Å². The third-order valence-electron chi connectivity index (χ3n) is 1.72. The summed E-state index contributed by atoms with van der Waals surface area (Å²) in [7, 11) is 0. The first-order chi connectivity index (χ1) is 7.13. The molecule has 1 rings (SSSR count). The minimum absolute atomic E-state index is 0.264. The zero-order valence-corrected chi connectivity index (χ0v) is 9.91. The van der Waals surface area contributed by atoms with Crippen LogP contribution in [0.3, 0.4) is 0 Å². The fourth-order valence-corrected chi connectivity index (χ4v) is 1.43. The number of halogens is 1. The molecule has 0 aliphatic heterocycles. The van der Waals surface area contributed by atoms with Gasteiger partial charge in [-0.15, -0.1) is 0 Å². The van der Waals surface area contributed by atoms with Crippen molar-refractivity contribution in [3.63, 3.8) is 0 Å². The highest BCUT2D eigenvalue weighted by Crippen LogP contribution is 2.12. The van der Waals surface area contributed by atoms with Gasteiger partial charge < -0.3 is 4.74 Å². The molecule has 0 heterocycles. The first-order valence-electron chi connectivity index (χ1n) is 4.64. The van der Waals surface area contributed by atoms with Crippen molar-refractivity contribution in [1.82, 2.24) is 0 Å². The Morgan fingerprint density at radius 2 is 2.13 bits per heavy atom. The highest BCUT2D eigenvalue weighted by atomic mass is 79.9. The second kappa shape index (κ2) is 5.66. The molecule has 0 aliphatic carbocycles. The van der Waals surface area contributed by atoms with Gasteiger partial charge in [-0.1, -0.05) is 28.9 Å². The van der Waals surface area contributed by atoms with Crippen LogP contribution in [-0.2, 0) is 9.53 Å². The molecule has 80 valence electrons. The van der Waals surface area contributed by atoms with Gasteiger partial charge in [-0.2, -0.15) is 0 Å². The van der Waals surface area contributed by atoms with Gasteiger partial charge in [0.1, 0.15) is 0 Å². The van der Waals surface area contributed by atoms with E-state index in [1.54, 1.807) is 24.3 Å². The Labute approximate surface area is 96.6 Å². The molecule has 0 radical (unpaired) electrons. The third-order valence-corrected chi connectivity index (χ3v) is 2.21. The van der Waals surface area contributed by atoms with E-state index in [0.717, 1.165) is 4.47 Å². The standard InChI is InChI=1S/C11H11BrO3/c1-2-4-10(13)15-11(14)8-5-3-6-9(12)7-8/h3,5-7H,2,4H2,1H3. The average molecular weight is 271 g/mol. The second-order valence-electron chi connectivity index (χ2n) is 3.02. The zero-order valence-electron chi connectivity index (χ0n) is 8.33. The van der Waals surface area contributed by atoms with E-state index in [4.69, 9.17) is 0 Å². The fourth-order valence-electron chi connectivity index (χ4n) is 1.03. The molecule has 0 spiro atoms. The fraction of sp³-hybridized carbons (Fsp3) is 0.273. The van der Waals surface area contributed by atoms with Crippen molar-refractivity contribution in [1.29, 1.82) is 0 Å². The van der Waals surface area contributed by atoms with Gasteiger partial charge in [-0.05, 0) is 24.6 Å². The van der Waals surface area contributed by atoms with Gasteiger partial charge in [0.15, 0.2) is 0 Å². The summed E-state index contributed by atoms with van der Waals surface area (Å²) in [6.45, 7) is 1.85. The van der Waals surface area contributed by atoms with E-state index >= 15 is 0 Å². The lowest BCUT2D eigenvalue weighted by Crippen LogP contribution is -2.11. The van der Waals surface area contributed by atoms with Crippen LogP contribution in [0, 0.1) is 0 Å². The first kappa shape index (κ1) is 11.9. The smallest absolute Gasteiger partial charge is 0.345 e. The summed E-state index contributed by atoms with van der Waals surface area (Å²) in [5, 5.41) is 0. The number of esters is 2. The summed E-state index contributed by atoms with van der Waals surface area (Å²) in [4.78, 5) is 22.5. The van der Waals surface area contributed by atoms with Crippen molar-refractivity contribution in [3.8, 4) is 0 Å². The molecule has 0 amide bonds. The molecule has 0 aromatic heterocycles. The molecule has 0 aliphatic rings. The maximum Gasteiger partial charge on any atom is 0.345 e. The highest BCUT2D eigenvalue weighted by molar-refractivity contribution is 9.10. The maximum absolute atomic E-state index is 11.4. The van der Waals surface area contributed by atoms with Gasteiger partial charge in [0.2, 0.25) is 0 Å². The number of benzene rings is 1. The van der Waals surface area contributed by atoms with E-state index in [2.05, 4.69) is 20.7 Å². The van der Waals surface area contributed by atoms with Gasteiger partial charge in [-0.25, -0.2) is 4.79 Å². The Hall–Kier alpha value is -1.16. The van der Waals surface area contributed by atoms with Crippen LogP contribution in [0.25, 0.3) is 0 Å². The lowest BCUT2D eigenvalue weighted by molar-refractivity contribution is -0.137. The molecular weight excluding hydrogens is 260 g/mol. The summed E-state index contributed by atoms with van der Waals surface area (Å²) >= 11 is 3.23. The number of carbonyl (C=O) groups is 2. The van der Waals surface area contributed by atoms with Gasteiger partial charge in [0, 0.05) is 10.9 Å². The quantitative estimate of drug-likeness (QED) is 0.627. The molecule has 1 aromatic carbocycles. The van der Waals surface area contributed by atoms with Crippen molar-refractivity contribution >= 4 is 27.9 Å². The summed E-state index contributed by atoms with van der Waals surface area (Å²) in [5.74, 6) is -1.09. The molecule has 1 aromatic rings. The molecule has 0 fully saturated rings. The summed E-state index contributed by atoms with van der Waals surface area (Å²) < 4.78 is 5.41. The minimum Gasteiger partial charge on any atom is -0.389 e. The van der Waals surface area contributed by atoms with Crippen molar-refractivity contribution in [2.45, 2.75) is 19.8 Å². The van der Waals surface area contributed by atoms with Crippen LogP contribution in [0.2, 0.25) is 0 Å². The predicted octanol–water partition coefficient (Wildman–Crippen LogP) is 2.93. The van der Waals surface area contributed by atoms with E-state index in [9.17, 15) is 9.59 Å². The molecular formula is C11H11BrO3. The van der Waals surface area contributed by atoms with E-state index in [1.807, 2.05) is 6.92 Å². The van der Waals surface area contributed by atoms with Gasteiger partial charge in [-0.3, -0.25) is 4.79 Å². The van der Waals surface area contributed by atoms with E-state index < -0.39 is 11.9 Å². The summed E-state index contributed by atoms with van der Waals surface area (Å²) in [6, 6.07) is 6.73. The van der Waals surface area contributed by atoms with Crippen molar-refractivity contribution in [3.05, 3.63) is 34.3 Å². The molecule has 0 saturated heterocycles. The monoisotopic (exact) mass is 270 g/mol. The lowest BCUT2D eigenvalue weighted by atomic mass is 10.2. The van der Waals surface area contributed by atoms with Crippen molar-refractivity contribution in [2.75, 3.05) is 0 Å².